The summed E-state index contributed by atoms with van der Waals surface area (Å²) >= 11 is 6.36. The number of hydrogen-bond acceptors (Lipinski definition) is 3. The van der Waals surface area contributed by atoms with Gasteiger partial charge in [0.05, 0.1) is 22.3 Å². The number of carboxylic acid groups (broad SMARTS) is 1. The summed E-state index contributed by atoms with van der Waals surface area (Å²) in [5.74, 6) is -0.970. The Balaban J connectivity index is 1.30. The van der Waals surface area contributed by atoms with Gasteiger partial charge in [0, 0.05) is 17.5 Å². The second kappa shape index (κ2) is 11.8. The number of nitrogens with one attached hydrogen (secondary N) is 1. The van der Waals surface area contributed by atoms with E-state index >= 15 is 0 Å². The van der Waals surface area contributed by atoms with Crippen molar-refractivity contribution in [1.29, 1.82) is 0 Å². The minimum atomic E-state index is -1.39. The van der Waals surface area contributed by atoms with Crippen molar-refractivity contribution in [3.05, 3.63) is 171 Å². The molecule has 1 aliphatic rings. The van der Waals surface area contributed by atoms with Crippen LogP contribution in [-0.4, -0.2) is 25.7 Å². The Kier molecular flexibility index (Phi) is 7.63. The number of nitrogens with zero attached hydrogens (tertiary/aromatic N) is 2. The number of aliphatic carboxylic acids is 1. The Bertz CT molecular complexity index is 1970. The Hall–Kier alpha value is -4.91. The van der Waals surface area contributed by atoms with Crippen molar-refractivity contribution < 1.29 is 9.90 Å². The summed E-state index contributed by atoms with van der Waals surface area (Å²) in [5.41, 5.74) is 3.49. The number of halogens is 1. The first-order valence-electron chi connectivity index (χ1n) is 15.5. The van der Waals surface area contributed by atoms with E-state index in [-0.39, 0.29) is 18.2 Å². The number of benzene rings is 5. The van der Waals surface area contributed by atoms with Crippen LogP contribution in [0, 0.1) is 0 Å². The first-order valence-corrected chi connectivity index (χ1v) is 15.9. The first kappa shape index (κ1) is 29.8. The van der Waals surface area contributed by atoms with Gasteiger partial charge in [0.1, 0.15) is 5.54 Å². The standard InChI is InChI=1S/C39H34ClN3O3/c1-38(36(44)45,41-39(28-11-5-2-6-12-28,29-13-7-3-8-14-29)30-15-9-4-10-16-30)26-27-17-20-32(21-18-27)43-35-25-31(40)19-24-34(35)42(37(43)46)33-22-23-33/h2-21,24-25,33,41H,22-23,26H2,1H3,(H,44,45). The van der Waals surface area contributed by atoms with Crippen molar-refractivity contribution in [2.75, 3.05) is 0 Å². The highest BCUT2D eigenvalue weighted by Crippen LogP contribution is 2.40. The van der Waals surface area contributed by atoms with Gasteiger partial charge in [-0.2, -0.15) is 0 Å². The minimum absolute atomic E-state index is 0.0945. The zero-order chi connectivity index (χ0) is 31.9. The molecule has 0 radical (unpaired) electrons. The van der Waals surface area contributed by atoms with Gasteiger partial charge in [-0.3, -0.25) is 19.2 Å². The third-order valence-electron chi connectivity index (χ3n) is 9.06. The summed E-state index contributed by atoms with van der Waals surface area (Å²) in [7, 11) is 0. The van der Waals surface area contributed by atoms with Crippen LogP contribution >= 0.6 is 11.6 Å². The lowest BCUT2D eigenvalue weighted by Gasteiger charge is -2.43. The number of imidazole rings is 1. The van der Waals surface area contributed by atoms with Crippen molar-refractivity contribution in [3.8, 4) is 5.69 Å². The van der Waals surface area contributed by atoms with Gasteiger partial charge < -0.3 is 5.11 Å². The molecule has 0 bridgehead atoms. The first-order chi connectivity index (χ1) is 22.3. The molecular weight excluding hydrogens is 594 g/mol. The van der Waals surface area contributed by atoms with Crippen LogP contribution in [0.15, 0.2) is 138 Å². The maximum absolute atomic E-state index is 13.6. The normalized spacial score (nSPS) is 14.7. The summed E-state index contributed by atoms with van der Waals surface area (Å²) in [6.07, 6.45) is 2.16. The van der Waals surface area contributed by atoms with Crippen LogP contribution < -0.4 is 11.0 Å². The highest BCUT2D eigenvalue weighted by Gasteiger charge is 2.45. The zero-order valence-electron chi connectivity index (χ0n) is 25.4. The molecule has 1 aliphatic carbocycles. The van der Waals surface area contributed by atoms with E-state index in [0.29, 0.717) is 10.7 Å². The number of carboxylic acids is 1. The lowest BCUT2D eigenvalue weighted by molar-refractivity contribution is -0.144. The highest BCUT2D eigenvalue weighted by molar-refractivity contribution is 6.31. The van der Waals surface area contributed by atoms with E-state index in [2.05, 4.69) is 5.32 Å². The Morgan fingerprint density at radius 1 is 0.783 bits per heavy atom. The van der Waals surface area contributed by atoms with E-state index in [1.165, 1.54) is 0 Å². The molecule has 2 N–H and O–H groups in total. The molecule has 46 heavy (non-hydrogen) atoms. The fourth-order valence-corrected chi connectivity index (χ4v) is 6.83. The molecule has 0 amide bonds. The number of carbonyl (C=O) groups is 1. The van der Waals surface area contributed by atoms with E-state index in [1.54, 1.807) is 11.5 Å². The monoisotopic (exact) mass is 627 g/mol. The molecule has 1 heterocycles. The topological polar surface area (TPSA) is 76.3 Å². The molecule has 5 aromatic carbocycles. The molecule has 0 spiro atoms. The van der Waals surface area contributed by atoms with Crippen LogP contribution in [-0.2, 0) is 16.8 Å². The summed E-state index contributed by atoms with van der Waals surface area (Å²) in [6.45, 7) is 1.74. The summed E-state index contributed by atoms with van der Waals surface area (Å²) in [4.78, 5) is 26.9. The van der Waals surface area contributed by atoms with Gasteiger partial charge >= 0.3 is 11.7 Å². The number of hydrogen-bond donors (Lipinski definition) is 2. The van der Waals surface area contributed by atoms with Gasteiger partial charge in [0.2, 0.25) is 0 Å². The van der Waals surface area contributed by atoms with E-state index in [9.17, 15) is 14.7 Å². The second-order valence-corrected chi connectivity index (χ2v) is 12.7. The Labute approximate surface area is 272 Å². The van der Waals surface area contributed by atoms with Crippen LogP contribution in [0.1, 0.15) is 48.1 Å². The predicted molar refractivity (Wildman–Crippen MR) is 183 cm³/mol. The van der Waals surface area contributed by atoms with Gasteiger partial charge in [-0.05, 0) is 72.4 Å². The molecule has 7 rings (SSSR count). The van der Waals surface area contributed by atoms with Crippen LogP contribution in [0.4, 0.5) is 0 Å². The molecule has 6 nitrogen and oxygen atoms in total. The third-order valence-corrected chi connectivity index (χ3v) is 9.29. The van der Waals surface area contributed by atoms with Crippen molar-refractivity contribution in [3.63, 3.8) is 0 Å². The Morgan fingerprint density at radius 2 is 1.30 bits per heavy atom. The van der Waals surface area contributed by atoms with Crippen LogP contribution in [0.5, 0.6) is 0 Å². The molecular formula is C39H34ClN3O3. The van der Waals surface area contributed by atoms with Gasteiger partial charge in [0.25, 0.3) is 0 Å². The SMILES string of the molecule is CC(Cc1ccc(-n2c(=O)n(C3CC3)c3ccc(Cl)cc32)cc1)(NC(c1ccccc1)(c1ccccc1)c1ccccc1)C(=O)O. The molecule has 1 saturated carbocycles. The molecule has 7 heteroatoms. The fraction of sp³-hybridized carbons (Fsp3) is 0.179. The Morgan fingerprint density at radius 3 is 1.78 bits per heavy atom. The van der Waals surface area contributed by atoms with Crippen molar-refractivity contribution in [2.24, 2.45) is 0 Å². The van der Waals surface area contributed by atoms with Gasteiger partial charge in [-0.25, -0.2) is 4.79 Å². The molecule has 230 valence electrons. The lowest BCUT2D eigenvalue weighted by Crippen LogP contribution is -2.61. The van der Waals surface area contributed by atoms with E-state index in [4.69, 9.17) is 11.6 Å². The van der Waals surface area contributed by atoms with Gasteiger partial charge in [0.15, 0.2) is 0 Å². The molecule has 1 unspecified atom stereocenters. The number of fused-ring (bicyclic) bond motifs is 1. The summed E-state index contributed by atoms with van der Waals surface area (Å²) in [6, 6.07) is 43.3. The quantitative estimate of drug-likeness (QED) is 0.152. The minimum Gasteiger partial charge on any atom is -0.480 e. The molecule has 0 aliphatic heterocycles. The molecule has 6 aromatic rings. The van der Waals surface area contributed by atoms with Crippen molar-refractivity contribution in [1.82, 2.24) is 14.5 Å². The van der Waals surface area contributed by atoms with Crippen LogP contribution in [0.2, 0.25) is 5.02 Å². The summed E-state index contributed by atoms with van der Waals surface area (Å²) < 4.78 is 3.56. The largest absolute Gasteiger partial charge is 0.480 e. The van der Waals surface area contributed by atoms with E-state index in [0.717, 1.165) is 46.1 Å². The molecule has 1 fully saturated rings. The molecule has 0 saturated heterocycles. The molecule has 1 aromatic heterocycles. The predicted octanol–water partition coefficient (Wildman–Crippen LogP) is 7.75. The molecule has 1 atom stereocenters. The van der Waals surface area contributed by atoms with E-state index in [1.807, 2.05) is 138 Å². The average Bonchev–Trinajstić information content (AvgIpc) is 3.88. The van der Waals surface area contributed by atoms with Crippen LogP contribution in [0.3, 0.4) is 0 Å². The maximum atomic E-state index is 13.6. The average molecular weight is 628 g/mol. The van der Waals surface area contributed by atoms with Crippen molar-refractivity contribution >= 4 is 28.6 Å². The van der Waals surface area contributed by atoms with Gasteiger partial charge in [-0.1, -0.05) is 115 Å². The lowest BCUT2D eigenvalue weighted by atomic mass is 9.74. The van der Waals surface area contributed by atoms with Crippen molar-refractivity contribution in [2.45, 2.75) is 43.3 Å². The number of aromatic nitrogens is 2. The smallest absolute Gasteiger partial charge is 0.333 e. The highest BCUT2D eigenvalue weighted by atomic mass is 35.5. The van der Waals surface area contributed by atoms with Gasteiger partial charge in [-0.15, -0.1) is 0 Å². The third kappa shape index (κ3) is 5.23. The van der Waals surface area contributed by atoms with E-state index < -0.39 is 17.0 Å². The zero-order valence-corrected chi connectivity index (χ0v) is 26.2. The summed E-state index contributed by atoms with van der Waals surface area (Å²) in [5, 5.41) is 15.1. The fourth-order valence-electron chi connectivity index (χ4n) is 6.67. The number of rotatable bonds is 10. The maximum Gasteiger partial charge on any atom is 0.333 e. The van der Waals surface area contributed by atoms with Crippen LogP contribution in [0.25, 0.3) is 16.7 Å². The second-order valence-electron chi connectivity index (χ2n) is 12.3.